The number of aromatic amines is 1. The van der Waals surface area contributed by atoms with Gasteiger partial charge in [0.25, 0.3) is 0 Å². The van der Waals surface area contributed by atoms with Gasteiger partial charge in [0.05, 0.1) is 27.3 Å². The second-order valence-electron chi connectivity index (χ2n) is 7.66. The van der Waals surface area contributed by atoms with Gasteiger partial charge in [0.1, 0.15) is 17.9 Å². The molecular formula is C18H24BrN5O4. The van der Waals surface area contributed by atoms with E-state index in [4.69, 9.17) is 9.84 Å². The first kappa shape index (κ1) is 20.4. The molecule has 0 spiro atoms. The molecule has 9 nitrogen and oxygen atoms in total. The molecular weight excluding hydrogens is 430 g/mol. The van der Waals surface area contributed by atoms with Gasteiger partial charge in [-0.2, -0.15) is 0 Å². The number of aliphatic hydroxyl groups excluding tert-OH is 1. The number of H-pyrrole nitrogens is 1. The number of alkyl carbamates (subject to hydrolysis) is 1. The number of pyridine rings is 1. The zero-order valence-electron chi connectivity index (χ0n) is 16.0. The highest BCUT2D eigenvalue weighted by Crippen LogP contribution is 2.39. The van der Waals surface area contributed by atoms with E-state index in [1.165, 1.54) is 0 Å². The van der Waals surface area contributed by atoms with E-state index in [9.17, 15) is 9.59 Å². The molecule has 3 heterocycles. The highest BCUT2D eigenvalue weighted by Gasteiger charge is 2.29. The normalized spacial score (nSPS) is 17.0. The van der Waals surface area contributed by atoms with Gasteiger partial charge in [-0.15, -0.1) is 0 Å². The summed E-state index contributed by atoms with van der Waals surface area (Å²) in [5.41, 5.74) is 1.48. The summed E-state index contributed by atoms with van der Waals surface area (Å²) in [6.45, 7) is 6.19. The van der Waals surface area contributed by atoms with E-state index in [0.29, 0.717) is 17.9 Å². The molecule has 2 amide bonds. The lowest BCUT2D eigenvalue weighted by atomic mass is 10.2. The van der Waals surface area contributed by atoms with Crippen LogP contribution in [0.25, 0.3) is 11.0 Å². The summed E-state index contributed by atoms with van der Waals surface area (Å²) in [6, 6.07) is -0.0561. The predicted octanol–water partition coefficient (Wildman–Crippen LogP) is 2.36. The van der Waals surface area contributed by atoms with E-state index < -0.39 is 24.2 Å². The maximum Gasteiger partial charge on any atom is 0.407 e. The van der Waals surface area contributed by atoms with Crippen LogP contribution in [0.3, 0.4) is 0 Å². The van der Waals surface area contributed by atoms with Crippen LogP contribution in [-0.2, 0) is 9.53 Å². The van der Waals surface area contributed by atoms with Gasteiger partial charge >= 0.3 is 6.09 Å². The average Bonchev–Trinajstić information content (AvgIpc) is 3.20. The van der Waals surface area contributed by atoms with Crippen molar-refractivity contribution >= 4 is 50.3 Å². The van der Waals surface area contributed by atoms with Crippen LogP contribution in [-0.4, -0.2) is 58.4 Å². The number of rotatable bonds is 4. The third kappa shape index (κ3) is 4.56. The van der Waals surface area contributed by atoms with Crippen LogP contribution in [0.5, 0.6) is 0 Å². The van der Waals surface area contributed by atoms with Crippen LogP contribution in [0.15, 0.2) is 16.9 Å². The predicted molar refractivity (Wildman–Crippen MR) is 109 cm³/mol. The molecule has 10 heteroatoms. The Kier molecular flexibility index (Phi) is 5.80. The second-order valence-corrected chi connectivity index (χ2v) is 8.52. The van der Waals surface area contributed by atoms with E-state index in [1.807, 2.05) is 20.8 Å². The number of hydrogen-bond acceptors (Lipinski definition) is 6. The third-order valence-corrected chi connectivity index (χ3v) is 4.85. The molecule has 2 aromatic rings. The first-order valence-corrected chi connectivity index (χ1v) is 9.78. The molecule has 4 N–H and O–H groups in total. The number of aromatic nitrogens is 2. The van der Waals surface area contributed by atoms with Gasteiger partial charge in [0, 0.05) is 25.5 Å². The van der Waals surface area contributed by atoms with Gasteiger partial charge in [-0.3, -0.25) is 4.79 Å². The molecule has 0 aromatic carbocycles. The standard InChI is InChI=1S/C18H24BrN5O4/c1-18(2,3)28-17(27)22-10-4-5-24(8-10)15-11(19)6-20-16-14(15)12(7-21-16)23-13(26)9-25/h6-7,10,25H,4-5,8-9H2,1-3H3,(H,20,21)(H,22,27)(H,23,26)/t10-/m1/s1. The third-order valence-electron chi connectivity index (χ3n) is 4.27. The number of carbonyl (C=O) groups excluding carboxylic acids is 2. The lowest BCUT2D eigenvalue weighted by Crippen LogP contribution is -2.40. The van der Waals surface area contributed by atoms with Gasteiger partial charge in [-0.05, 0) is 43.1 Å². The second kappa shape index (κ2) is 7.96. The fourth-order valence-electron chi connectivity index (χ4n) is 3.21. The van der Waals surface area contributed by atoms with E-state index in [1.54, 1.807) is 12.4 Å². The van der Waals surface area contributed by atoms with Crippen molar-refractivity contribution in [3.05, 3.63) is 16.9 Å². The minimum Gasteiger partial charge on any atom is -0.444 e. The van der Waals surface area contributed by atoms with Crippen LogP contribution >= 0.6 is 15.9 Å². The summed E-state index contributed by atoms with van der Waals surface area (Å²) in [5, 5.41) is 15.4. The molecule has 1 fully saturated rings. The van der Waals surface area contributed by atoms with E-state index >= 15 is 0 Å². The highest BCUT2D eigenvalue weighted by atomic mass is 79.9. The number of hydrogen-bond donors (Lipinski definition) is 4. The SMILES string of the molecule is CC(C)(C)OC(=O)N[C@@H]1CCN(c2c(Br)cnc3[nH]cc(NC(=O)CO)c23)C1. The minimum atomic E-state index is -0.602. The van der Waals surface area contributed by atoms with Gasteiger partial charge in [-0.1, -0.05) is 0 Å². The Labute approximate surface area is 171 Å². The van der Waals surface area contributed by atoms with Crippen LogP contribution in [0.4, 0.5) is 16.2 Å². The molecule has 0 radical (unpaired) electrons. The largest absolute Gasteiger partial charge is 0.444 e. The van der Waals surface area contributed by atoms with Gasteiger partial charge in [0.15, 0.2) is 0 Å². The monoisotopic (exact) mass is 453 g/mol. The van der Waals surface area contributed by atoms with Crippen molar-refractivity contribution in [1.82, 2.24) is 15.3 Å². The molecule has 0 unspecified atom stereocenters. The number of fused-ring (bicyclic) bond motifs is 1. The lowest BCUT2D eigenvalue weighted by molar-refractivity contribution is -0.118. The molecule has 152 valence electrons. The molecule has 0 aliphatic carbocycles. The molecule has 1 atom stereocenters. The van der Waals surface area contributed by atoms with Gasteiger partial charge in [-0.25, -0.2) is 9.78 Å². The van der Waals surface area contributed by atoms with Gasteiger partial charge in [0.2, 0.25) is 5.91 Å². The zero-order valence-corrected chi connectivity index (χ0v) is 17.6. The average molecular weight is 454 g/mol. The first-order chi connectivity index (χ1) is 13.2. The number of carbonyl (C=O) groups is 2. The molecule has 2 aromatic heterocycles. The van der Waals surface area contributed by atoms with Crippen molar-refractivity contribution < 1.29 is 19.4 Å². The topological polar surface area (TPSA) is 120 Å². The van der Waals surface area contributed by atoms with Crippen molar-refractivity contribution in [2.75, 3.05) is 29.9 Å². The maximum atomic E-state index is 12.1. The van der Waals surface area contributed by atoms with Crippen LogP contribution in [0.2, 0.25) is 0 Å². The first-order valence-electron chi connectivity index (χ1n) is 8.98. The molecule has 0 saturated carbocycles. The Morgan fingerprint density at radius 2 is 2.21 bits per heavy atom. The number of aliphatic hydroxyl groups is 1. The number of amides is 2. The molecule has 1 aliphatic heterocycles. The Bertz CT molecular complexity index is 892. The fourth-order valence-corrected chi connectivity index (χ4v) is 3.76. The smallest absolute Gasteiger partial charge is 0.407 e. The molecule has 1 saturated heterocycles. The maximum absolute atomic E-state index is 12.1. The minimum absolute atomic E-state index is 0.0561. The molecule has 1 aliphatic rings. The van der Waals surface area contributed by atoms with E-state index in [2.05, 4.69) is 41.4 Å². The number of nitrogens with zero attached hydrogens (tertiary/aromatic N) is 2. The Hall–Kier alpha value is -2.33. The van der Waals surface area contributed by atoms with Crippen LogP contribution in [0.1, 0.15) is 27.2 Å². The van der Waals surface area contributed by atoms with Crippen LogP contribution < -0.4 is 15.5 Å². The zero-order chi connectivity index (χ0) is 20.5. The van der Waals surface area contributed by atoms with E-state index in [-0.39, 0.29) is 6.04 Å². The number of anilines is 2. The molecule has 0 bridgehead atoms. The van der Waals surface area contributed by atoms with Crippen molar-refractivity contribution in [1.29, 1.82) is 0 Å². The summed E-state index contributed by atoms with van der Waals surface area (Å²) in [4.78, 5) is 33.2. The lowest BCUT2D eigenvalue weighted by Gasteiger charge is -2.23. The van der Waals surface area contributed by atoms with E-state index in [0.717, 1.165) is 28.5 Å². The summed E-state index contributed by atoms with van der Waals surface area (Å²) in [5.74, 6) is -0.502. The van der Waals surface area contributed by atoms with Gasteiger partial charge < -0.3 is 30.4 Å². The molecule has 28 heavy (non-hydrogen) atoms. The van der Waals surface area contributed by atoms with Crippen molar-refractivity contribution in [2.24, 2.45) is 0 Å². The highest BCUT2D eigenvalue weighted by molar-refractivity contribution is 9.10. The number of halogens is 1. The quantitative estimate of drug-likeness (QED) is 0.563. The van der Waals surface area contributed by atoms with Crippen molar-refractivity contribution in [3.8, 4) is 0 Å². The number of nitrogens with one attached hydrogen (secondary N) is 3. The number of ether oxygens (including phenoxy) is 1. The van der Waals surface area contributed by atoms with Crippen molar-refractivity contribution in [2.45, 2.75) is 38.8 Å². The summed E-state index contributed by atoms with van der Waals surface area (Å²) >= 11 is 3.55. The Morgan fingerprint density at radius 3 is 2.89 bits per heavy atom. The summed E-state index contributed by atoms with van der Waals surface area (Å²) in [7, 11) is 0. The Morgan fingerprint density at radius 1 is 1.46 bits per heavy atom. The fraction of sp³-hybridized carbons (Fsp3) is 0.500. The Balaban J connectivity index is 1.82. The summed E-state index contributed by atoms with van der Waals surface area (Å²) in [6.07, 6.45) is 3.67. The summed E-state index contributed by atoms with van der Waals surface area (Å²) < 4.78 is 6.11. The van der Waals surface area contributed by atoms with Crippen LogP contribution in [0, 0.1) is 0 Å². The molecule has 3 rings (SSSR count). The van der Waals surface area contributed by atoms with Crippen molar-refractivity contribution in [3.63, 3.8) is 0 Å².